The number of hydrogen-bond donors (Lipinski definition) is 0. The highest BCUT2D eigenvalue weighted by molar-refractivity contribution is 7.25. The van der Waals surface area contributed by atoms with Crippen LogP contribution in [0.4, 0.5) is 0 Å². The number of thiophene rings is 1. The van der Waals surface area contributed by atoms with Gasteiger partial charge in [0.2, 0.25) is 0 Å². The molecule has 0 aliphatic carbocycles. The first-order chi connectivity index (χ1) is 9.35. The first-order valence-electron chi connectivity index (χ1n) is 6.10. The van der Waals surface area contributed by atoms with E-state index in [-0.39, 0.29) is 0 Å². The normalized spacial score (nSPS) is 11.1. The number of fused-ring (bicyclic) bond motifs is 4. The van der Waals surface area contributed by atoms with E-state index >= 15 is 0 Å². The van der Waals surface area contributed by atoms with Crippen LogP contribution < -0.4 is 0 Å². The monoisotopic (exact) mass is 259 g/mol. The van der Waals surface area contributed by atoms with Crippen LogP contribution in [0.2, 0.25) is 0 Å². The van der Waals surface area contributed by atoms with Gasteiger partial charge in [0, 0.05) is 20.2 Å². The first-order valence-corrected chi connectivity index (χ1v) is 6.92. The second-order valence-electron chi connectivity index (χ2n) is 4.62. The molecule has 0 saturated carbocycles. The molecule has 19 heavy (non-hydrogen) atoms. The second kappa shape index (κ2) is 3.81. The Morgan fingerprint density at radius 2 is 1.53 bits per heavy atom. The molecule has 3 aromatic carbocycles. The summed E-state index contributed by atoms with van der Waals surface area (Å²) in [6.07, 6.45) is 0. The summed E-state index contributed by atoms with van der Waals surface area (Å²) in [5, 5.41) is 14.0. The molecular weight excluding hydrogens is 250 g/mol. The lowest BCUT2D eigenvalue weighted by atomic mass is 10.1. The van der Waals surface area contributed by atoms with Gasteiger partial charge in [-0.2, -0.15) is 5.26 Å². The van der Waals surface area contributed by atoms with Crippen LogP contribution in [0.15, 0.2) is 54.6 Å². The van der Waals surface area contributed by atoms with Gasteiger partial charge >= 0.3 is 0 Å². The molecule has 0 unspecified atom stereocenters. The van der Waals surface area contributed by atoms with Gasteiger partial charge in [0.25, 0.3) is 0 Å². The predicted molar refractivity (Wildman–Crippen MR) is 81.6 cm³/mol. The Hall–Kier alpha value is -2.37. The first kappa shape index (κ1) is 10.5. The third kappa shape index (κ3) is 1.53. The van der Waals surface area contributed by atoms with Gasteiger partial charge in [-0.3, -0.25) is 0 Å². The van der Waals surface area contributed by atoms with Crippen LogP contribution in [-0.2, 0) is 0 Å². The molecule has 88 valence electrons. The van der Waals surface area contributed by atoms with Crippen molar-refractivity contribution in [3.8, 4) is 6.07 Å². The summed E-state index contributed by atoms with van der Waals surface area (Å²) in [5.74, 6) is 0. The van der Waals surface area contributed by atoms with E-state index < -0.39 is 0 Å². The minimum atomic E-state index is 0.723. The minimum Gasteiger partial charge on any atom is -0.192 e. The highest BCUT2D eigenvalue weighted by Crippen LogP contribution is 2.36. The maximum Gasteiger partial charge on any atom is 0.0991 e. The van der Waals surface area contributed by atoms with E-state index in [1.165, 1.54) is 30.9 Å². The van der Waals surface area contributed by atoms with E-state index in [1.54, 1.807) is 11.3 Å². The van der Waals surface area contributed by atoms with Crippen LogP contribution >= 0.6 is 11.3 Å². The molecule has 0 amide bonds. The molecule has 0 fully saturated rings. The zero-order valence-corrected chi connectivity index (χ0v) is 10.9. The fraction of sp³-hybridized carbons (Fsp3) is 0. The van der Waals surface area contributed by atoms with E-state index in [0.29, 0.717) is 0 Å². The number of nitriles is 1. The Kier molecular flexibility index (Phi) is 2.11. The number of benzene rings is 3. The molecule has 0 aliphatic rings. The number of nitrogens with zero attached hydrogens (tertiary/aromatic N) is 1. The average Bonchev–Trinajstić information content (AvgIpc) is 2.81. The molecule has 0 saturated heterocycles. The summed E-state index contributed by atoms with van der Waals surface area (Å²) < 4.78 is 2.52. The van der Waals surface area contributed by atoms with Gasteiger partial charge in [-0.1, -0.05) is 24.3 Å². The third-order valence-corrected chi connectivity index (χ3v) is 4.60. The molecular formula is C17H9NS. The molecule has 0 bridgehead atoms. The quantitative estimate of drug-likeness (QED) is 0.432. The molecule has 1 nitrogen and oxygen atoms in total. The molecule has 0 N–H and O–H groups in total. The largest absolute Gasteiger partial charge is 0.192 e. The Morgan fingerprint density at radius 3 is 2.32 bits per heavy atom. The second-order valence-corrected chi connectivity index (χ2v) is 5.70. The van der Waals surface area contributed by atoms with Crippen LogP contribution in [0.5, 0.6) is 0 Å². The summed E-state index contributed by atoms with van der Waals surface area (Å²) in [6, 6.07) is 21.0. The van der Waals surface area contributed by atoms with Crippen LogP contribution in [0.3, 0.4) is 0 Å². The Bertz CT molecular complexity index is 973. The van der Waals surface area contributed by atoms with E-state index in [9.17, 15) is 0 Å². The Morgan fingerprint density at radius 1 is 0.789 bits per heavy atom. The number of rotatable bonds is 0. The molecule has 1 aromatic heterocycles. The van der Waals surface area contributed by atoms with Crippen molar-refractivity contribution in [2.75, 3.05) is 0 Å². The number of hydrogen-bond acceptors (Lipinski definition) is 2. The topological polar surface area (TPSA) is 23.8 Å². The molecule has 1 heterocycles. The molecule has 0 radical (unpaired) electrons. The standard InChI is InChI=1S/C17H9NS/c18-10-11-5-6-16-14(7-11)15-8-12-3-1-2-4-13(12)9-17(15)19-16/h1-9H. The molecule has 4 aromatic rings. The van der Waals surface area contributed by atoms with Crippen molar-refractivity contribution in [2.24, 2.45) is 0 Å². The van der Waals surface area contributed by atoms with Gasteiger partial charge < -0.3 is 0 Å². The van der Waals surface area contributed by atoms with Crippen molar-refractivity contribution >= 4 is 42.3 Å². The van der Waals surface area contributed by atoms with E-state index in [1.807, 2.05) is 18.2 Å². The summed E-state index contributed by atoms with van der Waals surface area (Å²) in [6.45, 7) is 0. The van der Waals surface area contributed by atoms with Crippen molar-refractivity contribution in [1.29, 1.82) is 5.26 Å². The molecule has 4 rings (SSSR count). The van der Waals surface area contributed by atoms with Gasteiger partial charge in [-0.05, 0) is 41.1 Å². The zero-order valence-electron chi connectivity index (χ0n) is 10.1. The minimum absolute atomic E-state index is 0.723. The van der Waals surface area contributed by atoms with Gasteiger partial charge in [0.15, 0.2) is 0 Å². The molecule has 2 heteroatoms. The third-order valence-electron chi connectivity index (χ3n) is 3.47. The van der Waals surface area contributed by atoms with Crippen molar-refractivity contribution in [3.63, 3.8) is 0 Å². The highest BCUT2D eigenvalue weighted by Gasteiger charge is 2.07. The average molecular weight is 259 g/mol. The molecule has 0 atom stereocenters. The smallest absolute Gasteiger partial charge is 0.0991 e. The SMILES string of the molecule is N#Cc1ccc2sc3cc4ccccc4cc3c2c1. The van der Waals surface area contributed by atoms with Crippen molar-refractivity contribution in [2.45, 2.75) is 0 Å². The van der Waals surface area contributed by atoms with Gasteiger partial charge in [0.05, 0.1) is 11.6 Å². The highest BCUT2D eigenvalue weighted by atomic mass is 32.1. The van der Waals surface area contributed by atoms with Crippen molar-refractivity contribution in [3.05, 3.63) is 60.2 Å². The lowest BCUT2D eigenvalue weighted by Crippen LogP contribution is -1.74. The van der Waals surface area contributed by atoms with Gasteiger partial charge in [-0.25, -0.2) is 0 Å². The summed E-state index contributed by atoms with van der Waals surface area (Å²) in [7, 11) is 0. The van der Waals surface area contributed by atoms with Crippen molar-refractivity contribution in [1.82, 2.24) is 0 Å². The van der Waals surface area contributed by atoms with Crippen molar-refractivity contribution < 1.29 is 0 Å². The molecule has 0 spiro atoms. The zero-order chi connectivity index (χ0) is 12.8. The lowest BCUT2D eigenvalue weighted by Gasteiger charge is -1.98. The fourth-order valence-corrected chi connectivity index (χ4v) is 3.65. The van der Waals surface area contributed by atoms with Crippen LogP contribution in [0.25, 0.3) is 30.9 Å². The lowest BCUT2D eigenvalue weighted by molar-refractivity contribution is 1.50. The summed E-state index contributed by atoms with van der Waals surface area (Å²) >= 11 is 1.79. The van der Waals surface area contributed by atoms with E-state index in [4.69, 9.17) is 5.26 Å². The maximum atomic E-state index is 9.03. The van der Waals surface area contributed by atoms with E-state index in [2.05, 4.69) is 42.5 Å². The Balaban J connectivity index is 2.21. The summed E-state index contributed by atoms with van der Waals surface area (Å²) in [4.78, 5) is 0. The van der Waals surface area contributed by atoms with E-state index in [0.717, 1.165) is 5.56 Å². The van der Waals surface area contributed by atoms with Crippen LogP contribution in [0.1, 0.15) is 5.56 Å². The predicted octanol–water partition coefficient (Wildman–Crippen LogP) is 5.08. The van der Waals surface area contributed by atoms with Crippen LogP contribution in [0, 0.1) is 11.3 Å². The maximum absolute atomic E-state index is 9.03. The van der Waals surface area contributed by atoms with Gasteiger partial charge in [0.1, 0.15) is 0 Å². The molecule has 0 aliphatic heterocycles. The van der Waals surface area contributed by atoms with Crippen LogP contribution in [-0.4, -0.2) is 0 Å². The van der Waals surface area contributed by atoms with Gasteiger partial charge in [-0.15, -0.1) is 11.3 Å². The summed E-state index contributed by atoms with van der Waals surface area (Å²) in [5.41, 5.74) is 0.723. The Labute approximate surface area is 114 Å². The fourth-order valence-electron chi connectivity index (χ4n) is 2.53.